The van der Waals surface area contributed by atoms with Crippen molar-refractivity contribution in [3.05, 3.63) is 29.8 Å². The van der Waals surface area contributed by atoms with E-state index in [4.69, 9.17) is 10.5 Å². The molecule has 0 radical (unpaired) electrons. The van der Waals surface area contributed by atoms with Gasteiger partial charge in [-0.05, 0) is 68.1 Å². The smallest absolute Gasteiger partial charge is 0.227 e. The van der Waals surface area contributed by atoms with Gasteiger partial charge in [0.2, 0.25) is 5.91 Å². The minimum atomic E-state index is 0.125. The van der Waals surface area contributed by atoms with Crippen LogP contribution in [0.4, 0.5) is 5.69 Å². The van der Waals surface area contributed by atoms with Crippen molar-refractivity contribution in [3.8, 4) is 0 Å². The van der Waals surface area contributed by atoms with Crippen LogP contribution in [-0.4, -0.2) is 30.4 Å². The van der Waals surface area contributed by atoms with Gasteiger partial charge in [0, 0.05) is 41.9 Å². The van der Waals surface area contributed by atoms with Gasteiger partial charge in [0.25, 0.3) is 0 Å². The number of ether oxygens (including phenoxy) is 1. The zero-order chi connectivity index (χ0) is 18.6. The summed E-state index contributed by atoms with van der Waals surface area (Å²) in [7, 11) is 0. The Labute approximate surface area is 167 Å². The molecular weight excluding hydrogens is 356 g/mol. The van der Waals surface area contributed by atoms with Gasteiger partial charge in [-0.15, -0.1) is 0 Å². The molecule has 2 saturated carbocycles. The molecule has 1 heterocycles. The molecule has 0 spiro atoms. The molecule has 27 heavy (non-hydrogen) atoms. The van der Waals surface area contributed by atoms with E-state index in [1.807, 2.05) is 17.8 Å². The molecule has 1 aromatic carbocycles. The molecule has 3 fully saturated rings. The minimum absolute atomic E-state index is 0.125. The van der Waals surface area contributed by atoms with Crippen LogP contribution in [-0.2, 0) is 15.3 Å². The van der Waals surface area contributed by atoms with Crippen molar-refractivity contribution >= 4 is 23.4 Å². The molecule has 2 bridgehead atoms. The molecule has 4 rings (SSSR count). The highest BCUT2D eigenvalue weighted by molar-refractivity contribution is 7.99. The van der Waals surface area contributed by atoms with Crippen LogP contribution >= 0.6 is 11.8 Å². The summed E-state index contributed by atoms with van der Waals surface area (Å²) in [6.07, 6.45) is 7.89. The predicted molar refractivity (Wildman–Crippen MR) is 112 cm³/mol. The Morgan fingerprint density at radius 3 is 2.63 bits per heavy atom. The molecule has 2 unspecified atom stereocenters. The first kappa shape index (κ1) is 19.3. The zero-order valence-corrected chi connectivity index (χ0v) is 16.9. The van der Waals surface area contributed by atoms with Gasteiger partial charge in [-0.25, -0.2) is 0 Å². The van der Waals surface area contributed by atoms with E-state index >= 15 is 0 Å². The van der Waals surface area contributed by atoms with E-state index in [0.29, 0.717) is 23.1 Å². The number of rotatable bonds is 5. The summed E-state index contributed by atoms with van der Waals surface area (Å²) in [6, 6.07) is 8.68. The Morgan fingerprint density at radius 2 is 1.89 bits per heavy atom. The lowest BCUT2D eigenvalue weighted by Crippen LogP contribution is -2.48. The van der Waals surface area contributed by atoms with Crippen LogP contribution in [0.1, 0.15) is 50.5 Å². The van der Waals surface area contributed by atoms with E-state index in [9.17, 15) is 4.79 Å². The third kappa shape index (κ3) is 4.87. The van der Waals surface area contributed by atoms with Crippen LogP contribution in [0.2, 0.25) is 0 Å². The molecule has 2 aliphatic carbocycles. The second-order valence-corrected chi connectivity index (χ2v) is 9.80. The molecule has 148 valence electrons. The van der Waals surface area contributed by atoms with Gasteiger partial charge in [0.05, 0.1) is 0 Å². The number of benzene rings is 1. The van der Waals surface area contributed by atoms with Crippen molar-refractivity contribution in [1.82, 2.24) is 0 Å². The van der Waals surface area contributed by atoms with E-state index in [-0.39, 0.29) is 11.8 Å². The number of carbonyl (C=O) groups excluding carboxylic acids is 1. The van der Waals surface area contributed by atoms with E-state index < -0.39 is 0 Å². The lowest BCUT2D eigenvalue weighted by Gasteiger charge is -2.43. The van der Waals surface area contributed by atoms with Crippen molar-refractivity contribution in [3.63, 3.8) is 0 Å². The van der Waals surface area contributed by atoms with Crippen molar-refractivity contribution in [2.24, 2.45) is 23.5 Å². The second-order valence-electron chi connectivity index (χ2n) is 8.51. The maximum atomic E-state index is 12.9. The number of nitrogens with two attached hydrogens (primary N) is 1. The van der Waals surface area contributed by atoms with Gasteiger partial charge in [-0.2, -0.15) is 11.8 Å². The first-order valence-corrected chi connectivity index (χ1v) is 11.6. The Balaban J connectivity index is 1.31. The Morgan fingerprint density at radius 1 is 1.15 bits per heavy atom. The first-order chi connectivity index (χ1) is 13.2. The van der Waals surface area contributed by atoms with Crippen LogP contribution in [0.3, 0.4) is 0 Å². The molecular formula is C22H32N2O2S. The zero-order valence-electron chi connectivity index (χ0n) is 16.1. The largest absolute Gasteiger partial charge is 0.381 e. The Hall–Kier alpha value is -1.04. The van der Waals surface area contributed by atoms with Crippen molar-refractivity contribution in [2.75, 3.05) is 18.5 Å². The molecule has 4 nitrogen and oxygen atoms in total. The molecule has 3 aliphatic rings. The van der Waals surface area contributed by atoms with Crippen molar-refractivity contribution in [2.45, 2.75) is 62.0 Å². The highest BCUT2D eigenvalue weighted by atomic mass is 32.2. The molecule has 1 aliphatic heterocycles. The number of amides is 1. The monoisotopic (exact) mass is 388 g/mol. The maximum Gasteiger partial charge on any atom is 0.227 e. The number of carbonyl (C=O) groups is 1. The Kier molecular flexibility index (Phi) is 6.41. The molecule has 0 aromatic heterocycles. The fourth-order valence-electron chi connectivity index (χ4n) is 5.04. The van der Waals surface area contributed by atoms with Gasteiger partial charge < -0.3 is 15.8 Å². The number of hydrogen-bond donors (Lipinski definition) is 2. The molecule has 1 saturated heterocycles. The molecule has 3 N–H and O–H groups in total. The normalized spacial score (nSPS) is 31.4. The summed E-state index contributed by atoms with van der Waals surface area (Å²) < 4.78 is 5.44. The highest BCUT2D eigenvalue weighted by Crippen LogP contribution is 2.42. The minimum Gasteiger partial charge on any atom is -0.381 e. The third-order valence-electron chi connectivity index (χ3n) is 6.63. The van der Waals surface area contributed by atoms with Gasteiger partial charge in [0.15, 0.2) is 0 Å². The van der Waals surface area contributed by atoms with E-state index in [1.54, 1.807) is 0 Å². The van der Waals surface area contributed by atoms with Crippen molar-refractivity contribution in [1.29, 1.82) is 0 Å². The first-order valence-electron chi connectivity index (χ1n) is 10.5. The maximum absolute atomic E-state index is 12.9. The van der Waals surface area contributed by atoms with Gasteiger partial charge in [-0.3, -0.25) is 4.79 Å². The molecule has 5 heteroatoms. The number of nitrogens with one attached hydrogen (secondary N) is 1. The van der Waals surface area contributed by atoms with E-state index in [2.05, 4.69) is 23.5 Å². The van der Waals surface area contributed by atoms with Crippen LogP contribution in [0.5, 0.6) is 0 Å². The summed E-state index contributed by atoms with van der Waals surface area (Å²) >= 11 is 2.01. The molecule has 2 atom stereocenters. The lowest BCUT2D eigenvalue weighted by atomic mass is 9.65. The van der Waals surface area contributed by atoms with Crippen LogP contribution < -0.4 is 11.1 Å². The van der Waals surface area contributed by atoms with Crippen LogP contribution in [0.25, 0.3) is 0 Å². The number of hydrogen-bond acceptors (Lipinski definition) is 4. The molecule has 1 amide bonds. The summed E-state index contributed by atoms with van der Waals surface area (Å²) in [5, 5.41) is 3.88. The topological polar surface area (TPSA) is 64.4 Å². The highest BCUT2D eigenvalue weighted by Gasteiger charge is 2.40. The predicted octanol–water partition coefficient (Wildman–Crippen LogP) is 4.19. The summed E-state index contributed by atoms with van der Waals surface area (Å²) in [5.74, 6) is 2.39. The average Bonchev–Trinajstić information content (AvgIpc) is 2.67. The van der Waals surface area contributed by atoms with Crippen LogP contribution in [0.15, 0.2) is 24.3 Å². The van der Waals surface area contributed by atoms with Gasteiger partial charge >= 0.3 is 0 Å². The number of fused-ring (bicyclic) bond motifs is 2. The summed E-state index contributed by atoms with van der Waals surface area (Å²) in [6.45, 7) is 1.78. The Bertz CT molecular complexity index is 633. The quantitative estimate of drug-likeness (QED) is 0.794. The summed E-state index contributed by atoms with van der Waals surface area (Å²) in [5.41, 5.74) is 8.59. The van der Waals surface area contributed by atoms with E-state index in [1.165, 1.54) is 24.8 Å². The van der Waals surface area contributed by atoms with Crippen molar-refractivity contribution < 1.29 is 9.53 Å². The lowest BCUT2D eigenvalue weighted by molar-refractivity contribution is -0.122. The average molecular weight is 389 g/mol. The van der Waals surface area contributed by atoms with Gasteiger partial charge in [0.1, 0.15) is 0 Å². The third-order valence-corrected chi connectivity index (χ3v) is 8.08. The fourth-order valence-corrected chi connectivity index (χ4v) is 6.18. The summed E-state index contributed by atoms with van der Waals surface area (Å²) in [4.78, 5) is 12.9. The van der Waals surface area contributed by atoms with E-state index in [0.717, 1.165) is 50.3 Å². The van der Waals surface area contributed by atoms with Gasteiger partial charge in [-0.1, -0.05) is 18.6 Å². The SMILES string of the molecule is NC1C2CCCC1CC(C(=O)Nc1cccc(CSC3CCOCC3)c1)C2. The second kappa shape index (κ2) is 8.97. The number of thioether (sulfide) groups is 1. The number of anilines is 1. The molecule has 1 aromatic rings. The standard InChI is InChI=1S/C22H32N2O2S/c23-21-16-4-2-5-17(21)13-18(12-16)22(25)24-19-6-1-3-15(11-19)14-27-20-7-9-26-10-8-20/h1,3,6,11,16-18,20-21H,2,4-5,7-10,12-14,23H2,(H,24,25). The van der Waals surface area contributed by atoms with Crippen LogP contribution in [0, 0.1) is 17.8 Å². The fraction of sp³-hybridized carbons (Fsp3) is 0.682.